The molecule has 0 bridgehead atoms. The minimum Gasteiger partial charge on any atom is -0.508 e. The van der Waals surface area contributed by atoms with Gasteiger partial charge in [-0.15, -0.1) is 0 Å². The summed E-state index contributed by atoms with van der Waals surface area (Å²) in [6, 6.07) is 11.2. The van der Waals surface area contributed by atoms with E-state index < -0.39 is 5.91 Å². The van der Waals surface area contributed by atoms with Gasteiger partial charge in [0, 0.05) is 10.6 Å². The van der Waals surface area contributed by atoms with Crippen LogP contribution in [-0.4, -0.2) is 16.7 Å². The normalized spacial score (nSPS) is 11.3. The second-order valence-corrected chi connectivity index (χ2v) is 5.16. The van der Waals surface area contributed by atoms with Crippen LogP contribution in [0, 0.1) is 0 Å². The SMILES string of the molecule is C/C(=N\NC(=O)c1ccc(Cl)cc1Cl)c1cccc(O)c1. The molecule has 0 radical (unpaired) electrons. The average molecular weight is 323 g/mol. The van der Waals surface area contributed by atoms with Crippen LogP contribution in [0.25, 0.3) is 0 Å². The Morgan fingerprint density at radius 1 is 1.19 bits per heavy atom. The summed E-state index contributed by atoms with van der Waals surface area (Å²) in [6.45, 7) is 1.72. The number of carbonyl (C=O) groups is 1. The Morgan fingerprint density at radius 3 is 2.62 bits per heavy atom. The molecule has 4 nitrogen and oxygen atoms in total. The van der Waals surface area contributed by atoms with Gasteiger partial charge in [0.05, 0.1) is 16.3 Å². The van der Waals surface area contributed by atoms with Gasteiger partial charge >= 0.3 is 0 Å². The van der Waals surface area contributed by atoms with Crippen LogP contribution in [0.1, 0.15) is 22.8 Å². The Labute approximate surface area is 132 Å². The Morgan fingerprint density at radius 2 is 1.95 bits per heavy atom. The first-order valence-corrected chi connectivity index (χ1v) is 6.82. The fourth-order valence-electron chi connectivity index (χ4n) is 1.66. The van der Waals surface area contributed by atoms with Crippen LogP contribution in [0.4, 0.5) is 0 Å². The number of phenolic OH excluding ortho intramolecular Hbond substituents is 1. The molecule has 0 saturated heterocycles. The lowest BCUT2D eigenvalue weighted by Crippen LogP contribution is -2.19. The fourth-order valence-corrected chi connectivity index (χ4v) is 2.16. The fraction of sp³-hybridized carbons (Fsp3) is 0.0667. The van der Waals surface area contributed by atoms with Gasteiger partial charge in [-0.05, 0) is 37.3 Å². The van der Waals surface area contributed by atoms with E-state index in [2.05, 4.69) is 10.5 Å². The molecule has 0 aromatic heterocycles. The first-order valence-electron chi connectivity index (χ1n) is 6.06. The van der Waals surface area contributed by atoms with Crippen molar-refractivity contribution in [2.75, 3.05) is 0 Å². The minimum absolute atomic E-state index is 0.133. The molecule has 0 unspecified atom stereocenters. The third-order valence-corrected chi connectivity index (χ3v) is 3.31. The van der Waals surface area contributed by atoms with E-state index in [4.69, 9.17) is 23.2 Å². The molecule has 6 heteroatoms. The van der Waals surface area contributed by atoms with Crippen molar-refractivity contribution >= 4 is 34.8 Å². The summed E-state index contributed by atoms with van der Waals surface area (Å²) in [5, 5.41) is 14.1. The second kappa shape index (κ2) is 6.61. The van der Waals surface area contributed by atoms with Crippen molar-refractivity contribution in [1.82, 2.24) is 5.43 Å². The number of rotatable bonds is 3. The van der Waals surface area contributed by atoms with E-state index in [9.17, 15) is 9.90 Å². The lowest BCUT2D eigenvalue weighted by Gasteiger charge is -2.05. The summed E-state index contributed by atoms with van der Waals surface area (Å²) >= 11 is 11.7. The molecule has 2 aromatic carbocycles. The summed E-state index contributed by atoms with van der Waals surface area (Å²) in [6.07, 6.45) is 0. The zero-order valence-electron chi connectivity index (χ0n) is 11.1. The quantitative estimate of drug-likeness (QED) is 0.666. The van der Waals surface area contributed by atoms with E-state index in [1.54, 1.807) is 37.3 Å². The third-order valence-electron chi connectivity index (χ3n) is 2.76. The Balaban J connectivity index is 2.14. The molecule has 0 heterocycles. The van der Waals surface area contributed by atoms with E-state index >= 15 is 0 Å². The number of benzene rings is 2. The smallest absolute Gasteiger partial charge is 0.272 e. The molecule has 0 spiro atoms. The minimum atomic E-state index is -0.434. The van der Waals surface area contributed by atoms with Crippen LogP contribution in [0.15, 0.2) is 47.6 Å². The number of hydrogen-bond donors (Lipinski definition) is 2. The van der Waals surface area contributed by atoms with E-state index in [1.165, 1.54) is 12.1 Å². The molecule has 0 saturated carbocycles. The van der Waals surface area contributed by atoms with Gasteiger partial charge in [0.2, 0.25) is 0 Å². The molecular weight excluding hydrogens is 311 g/mol. The second-order valence-electron chi connectivity index (χ2n) is 4.31. The summed E-state index contributed by atoms with van der Waals surface area (Å²) in [7, 11) is 0. The van der Waals surface area contributed by atoms with Crippen molar-refractivity contribution in [2.45, 2.75) is 6.92 Å². The Kier molecular flexibility index (Phi) is 4.83. The molecule has 0 aliphatic heterocycles. The lowest BCUT2D eigenvalue weighted by molar-refractivity contribution is 0.0955. The van der Waals surface area contributed by atoms with Crippen LogP contribution >= 0.6 is 23.2 Å². The molecule has 0 atom stereocenters. The van der Waals surface area contributed by atoms with Gasteiger partial charge in [-0.3, -0.25) is 4.79 Å². The molecule has 2 N–H and O–H groups in total. The first-order chi connectivity index (χ1) is 9.97. The third kappa shape index (κ3) is 3.97. The monoisotopic (exact) mass is 322 g/mol. The topological polar surface area (TPSA) is 61.7 Å². The number of nitrogens with zero attached hydrogens (tertiary/aromatic N) is 1. The van der Waals surface area contributed by atoms with Crippen molar-refractivity contribution in [3.63, 3.8) is 0 Å². The maximum absolute atomic E-state index is 12.0. The van der Waals surface area contributed by atoms with Crippen LogP contribution < -0.4 is 5.43 Å². The van der Waals surface area contributed by atoms with Crippen LogP contribution in [-0.2, 0) is 0 Å². The van der Waals surface area contributed by atoms with Crippen LogP contribution in [0.3, 0.4) is 0 Å². The molecule has 2 aromatic rings. The van der Waals surface area contributed by atoms with Gasteiger partial charge in [-0.1, -0.05) is 35.3 Å². The Hall–Kier alpha value is -2.04. The lowest BCUT2D eigenvalue weighted by atomic mass is 10.1. The highest BCUT2D eigenvalue weighted by Gasteiger charge is 2.10. The van der Waals surface area contributed by atoms with E-state index in [-0.39, 0.29) is 16.3 Å². The van der Waals surface area contributed by atoms with Gasteiger partial charge in [0.1, 0.15) is 5.75 Å². The average Bonchev–Trinajstić information content (AvgIpc) is 2.44. The van der Waals surface area contributed by atoms with Crippen molar-refractivity contribution < 1.29 is 9.90 Å². The number of aromatic hydroxyl groups is 1. The highest BCUT2D eigenvalue weighted by atomic mass is 35.5. The molecule has 0 fully saturated rings. The van der Waals surface area contributed by atoms with Gasteiger partial charge in [0.15, 0.2) is 0 Å². The molecule has 2 rings (SSSR count). The number of halogens is 2. The Bertz CT molecular complexity index is 715. The van der Waals surface area contributed by atoms with Crippen molar-refractivity contribution in [1.29, 1.82) is 0 Å². The highest BCUT2D eigenvalue weighted by Crippen LogP contribution is 2.20. The molecule has 108 valence electrons. The number of carbonyl (C=O) groups excluding carboxylic acids is 1. The largest absolute Gasteiger partial charge is 0.508 e. The van der Waals surface area contributed by atoms with Crippen molar-refractivity contribution in [3.05, 3.63) is 63.6 Å². The number of amides is 1. The summed E-state index contributed by atoms with van der Waals surface area (Å²) in [5.74, 6) is -0.301. The van der Waals surface area contributed by atoms with Gasteiger partial charge in [-0.25, -0.2) is 5.43 Å². The summed E-state index contributed by atoms with van der Waals surface area (Å²) < 4.78 is 0. The van der Waals surface area contributed by atoms with E-state index in [0.29, 0.717) is 16.3 Å². The predicted octanol–water partition coefficient (Wildman–Crippen LogP) is 3.85. The first kappa shape index (κ1) is 15.4. The number of hydrazone groups is 1. The summed E-state index contributed by atoms with van der Waals surface area (Å²) in [4.78, 5) is 12.0. The number of nitrogens with one attached hydrogen (secondary N) is 1. The maximum atomic E-state index is 12.0. The highest BCUT2D eigenvalue weighted by molar-refractivity contribution is 6.36. The molecule has 1 amide bonds. The molecular formula is C15H12Cl2N2O2. The van der Waals surface area contributed by atoms with Crippen LogP contribution in [0.2, 0.25) is 10.0 Å². The molecule has 0 aliphatic rings. The predicted molar refractivity (Wildman–Crippen MR) is 84.2 cm³/mol. The standard InChI is InChI=1S/C15H12Cl2N2O2/c1-9(10-3-2-4-12(20)7-10)18-19-15(21)13-6-5-11(16)8-14(13)17/h2-8,20H,1H3,(H,19,21)/b18-9+. The number of hydrogen-bond acceptors (Lipinski definition) is 3. The maximum Gasteiger partial charge on any atom is 0.272 e. The van der Waals surface area contributed by atoms with Gasteiger partial charge in [0.25, 0.3) is 5.91 Å². The summed E-state index contributed by atoms with van der Waals surface area (Å²) in [5.41, 5.74) is 3.97. The zero-order valence-corrected chi connectivity index (χ0v) is 12.6. The van der Waals surface area contributed by atoms with Crippen molar-refractivity contribution in [3.8, 4) is 5.75 Å². The van der Waals surface area contributed by atoms with Gasteiger partial charge < -0.3 is 5.11 Å². The van der Waals surface area contributed by atoms with E-state index in [0.717, 1.165) is 0 Å². The van der Waals surface area contributed by atoms with Crippen LogP contribution in [0.5, 0.6) is 5.75 Å². The zero-order chi connectivity index (χ0) is 15.4. The molecule has 0 aliphatic carbocycles. The van der Waals surface area contributed by atoms with Gasteiger partial charge in [-0.2, -0.15) is 5.10 Å². The number of phenols is 1. The van der Waals surface area contributed by atoms with Crippen molar-refractivity contribution in [2.24, 2.45) is 5.10 Å². The molecule has 21 heavy (non-hydrogen) atoms. The van der Waals surface area contributed by atoms with E-state index in [1.807, 2.05) is 0 Å².